The van der Waals surface area contributed by atoms with Gasteiger partial charge < -0.3 is 17.8 Å². The molecule has 2 aromatic carbocycles. The topological polar surface area (TPSA) is 49.3 Å². The summed E-state index contributed by atoms with van der Waals surface area (Å²) >= 11 is 0. The van der Waals surface area contributed by atoms with Gasteiger partial charge in [-0.25, -0.2) is 4.99 Å². The molecule has 0 radical (unpaired) electrons. The molecule has 0 spiro atoms. The quantitative estimate of drug-likeness (QED) is 0.150. The Labute approximate surface area is 229 Å². The van der Waals surface area contributed by atoms with E-state index >= 15 is 0 Å². The van der Waals surface area contributed by atoms with Crippen LogP contribution in [0.4, 0.5) is 0 Å². The first kappa shape index (κ1) is 32.9. The van der Waals surface area contributed by atoms with Crippen molar-refractivity contribution in [2.75, 3.05) is 44.0 Å². The van der Waals surface area contributed by atoms with E-state index in [4.69, 9.17) is 17.8 Å². The summed E-state index contributed by atoms with van der Waals surface area (Å²) < 4.78 is 24.2. The molecule has 0 saturated carbocycles. The van der Waals surface area contributed by atoms with Gasteiger partial charge >= 0.3 is 0 Å². The Bertz CT molecular complexity index is 1010. The van der Waals surface area contributed by atoms with Crippen LogP contribution in [0.2, 0.25) is 0 Å². The Morgan fingerprint density at radius 1 is 0.946 bits per heavy atom. The molecule has 0 aromatic heterocycles. The van der Waals surface area contributed by atoms with E-state index in [2.05, 4.69) is 64.3 Å². The Kier molecular flexibility index (Phi) is 13.1. The third kappa shape index (κ3) is 11.5. The molecule has 0 heterocycles. The number of nitrogens with zero attached hydrogens (tertiary/aromatic N) is 1. The fourth-order valence-corrected chi connectivity index (χ4v) is 4.17. The monoisotopic (exact) mass is 551 g/mol. The van der Waals surface area contributed by atoms with Crippen LogP contribution in [0.25, 0.3) is 0 Å². The molecular formula is C30H49NO4S2. The number of ether oxygens (including phenoxy) is 2. The van der Waals surface area contributed by atoms with Crippen LogP contribution in [-0.4, -0.2) is 55.0 Å². The Hall–Kier alpha value is -2.09. The average molecular weight is 552 g/mol. The number of aliphatic imine (C=N–C) groups is 1. The van der Waals surface area contributed by atoms with Crippen molar-refractivity contribution >= 4 is 26.8 Å². The molecule has 0 bridgehead atoms. The summed E-state index contributed by atoms with van der Waals surface area (Å²) in [6, 6.07) is 13.6. The smallest absolute Gasteiger partial charge is 0.217 e. The van der Waals surface area contributed by atoms with Crippen LogP contribution in [0.1, 0.15) is 52.7 Å². The van der Waals surface area contributed by atoms with Crippen LogP contribution in [-0.2, 0) is 8.37 Å². The van der Waals surface area contributed by atoms with Crippen LogP contribution in [0.15, 0.2) is 59.9 Å². The molecule has 0 atom stereocenters. The molecule has 5 nitrogen and oxygen atoms in total. The van der Waals surface area contributed by atoms with E-state index in [1.165, 1.54) is 0 Å². The molecule has 0 aliphatic heterocycles. The van der Waals surface area contributed by atoms with Gasteiger partial charge in [-0.15, -0.1) is 10.3 Å². The van der Waals surface area contributed by atoms with Crippen molar-refractivity contribution in [2.24, 2.45) is 4.99 Å². The van der Waals surface area contributed by atoms with Gasteiger partial charge in [0.1, 0.15) is 23.9 Å². The normalized spacial score (nSPS) is 12.9. The first-order valence-electron chi connectivity index (χ1n) is 12.7. The van der Waals surface area contributed by atoms with E-state index in [1.54, 1.807) is 6.21 Å². The molecule has 210 valence electrons. The number of rotatable bonds is 12. The second-order valence-corrected chi connectivity index (χ2v) is 17.6. The maximum Gasteiger partial charge on any atom is 0.217 e. The summed E-state index contributed by atoms with van der Waals surface area (Å²) in [7, 11) is -2.32. The Morgan fingerprint density at radius 3 is 2.11 bits per heavy atom. The summed E-state index contributed by atoms with van der Waals surface area (Å²) in [6.07, 6.45) is 10.3. The highest BCUT2D eigenvalue weighted by molar-refractivity contribution is 8.29. The van der Waals surface area contributed by atoms with Gasteiger partial charge in [0, 0.05) is 22.3 Å². The highest BCUT2D eigenvalue weighted by atomic mass is 32.3. The second-order valence-electron chi connectivity index (χ2n) is 10.1. The zero-order valence-electron chi connectivity index (χ0n) is 24.8. The minimum Gasteiger partial charge on any atom is -0.491 e. The van der Waals surface area contributed by atoms with Crippen LogP contribution >= 0.6 is 20.6 Å². The van der Waals surface area contributed by atoms with E-state index in [0.717, 1.165) is 28.4 Å². The third-order valence-electron chi connectivity index (χ3n) is 5.79. The number of benzene rings is 2. The van der Waals surface area contributed by atoms with Crippen molar-refractivity contribution < 1.29 is 17.8 Å². The molecule has 2 rings (SSSR count). The SMILES string of the molecule is C=C(/N=C/c1cc(C)ccc1Oc1ccc(OCCOS(C)(C)C(C)(C)C)cc1)OS(C)(C)CC.CC. The summed E-state index contributed by atoms with van der Waals surface area (Å²) in [6.45, 7) is 19.8. The second kappa shape index (κ2) is 14.7. The fourth-order valence-electron chi connectivity index (χ4n) is 2.65. The lowest BCUT2D eigenvalue weighted by molar-refractivity contribution is 0.230. The van der Waals surface area contributed by atoms with E-state index in [-0.39, 0.29) is 4.75 Å². The van der Waals surface area contributed by atoms with Crippen LogP contribution in [0, 0.1) is 6.92 Å². The van der Waals surface area contributed by atoms with E-state index in [9.17, 15) is 0 Å². The maximum atomic E-state index is 6.15. The highest BCUT2D eigenvalue weighted by Gasteiger charge is 2.28. The Balaban J connectivity index is 0.00000334. The van der Waals surface area contributed by atoms with E-state index < -0.39 is 20.6 Å². The van der Waals surface area contributed by atoms with Gasteiger partial charge in [-0.2, -0.15) is 0 Å². The molecule has 0 amide bonds. The highest BCUT2D eigenvalue weighted by Crippen LogP contribution is 2.53. The number of aryl methyl sites for hydroxylation is 1. The molecule has 37 heavy (non-hydrogen) atoms. The van der Waals surface area contributed by atoms with Crippen LogP contribution < -0.4 is 9.47 Å². The van der Waals surface area contributed by atoms with Crippen molar-refractivity contribution in [3.8, 4) is 17.2 Å². The molecular weight excluding hydrogens is 502 g/mol. The van der Waals surface area contributed by atoms with Crippen molar-refractivity contribution in [3.63, 3.8) is 0 Å². The molecule has 0 unspecified atom stereocenters. The number of hydrogen-bond acceptors (Lipinski definition) is 5. The minimum absolute atomic E-state index is 0.138. The summed E-state index contributed by atoms with van der Waals surface area (Å²) in [5.41, 5.74) is 1.98. The van der Waals surface area contributed by atoms with Gasteiger partial charge in [-0.1, -0.05) is 63.5 Å². The fraction of sp³-hybridized carbons (Fsp3) is 0.500. The first-order valence-corrected chi connectivity index (χ1v) is 17.7. The lowest BCUT2D eigenvalue weighted by atomic mass is 10.1. The van der Waals surface area contributed by atoms with Crippen molar-refractivity contribution in [2.45, 2.75) is 53.2 Å². The van der Waals surface area contributed by atoms with Gasteiger partial charge in [-0.3, -0.25) is 0 Å². The summed E-state index contributed by atoms with van der Waals surface area (Å²) in [5, 5.41) is 0. The lowest BCUT2D eigenvalue weighted by Crippen LogP contribution is -2.26. The molecule has 0 N–H and O–H groups in total. The molecule has 0 aliphatic rings. The minimum atomic E-state index is -1.18. The Morgan fingerprint density at radius 2 is 1.54 bits per heavy atom. The van der Waals surface area contributed by atoms with Crippen molar-refractivity contribution in [1.82, 2.24) is 0 Å². The van der Waals surface area contributed by atoms with E-state index in [1.807, 2.05) is 63.2 Å². The predicted molar refractivity (Wildman–Crippen MR) is 167 cm³/mol. The third-order valence-corrected chi connectivity index (χ3v) is 11.5. The lowest BCUT2D eigenvalue weighted by Gasteiger charge is -2.43. The first-order chi connectivity index (χ1) is 17.2. The summed E-state index contributed by atoms with van der Waals surface area (Å²) in [4.78, 5) is 4.43. The molecule has 2 aromatic rings. The molecule has 0 saturated heterocycles. The molecule has 7 heteroatoms. The predicted octanol–water partition coefficient (Wildman–Crippen LogP) is 8.89. The van der Waals surface area contributed by atoms with Crippen LogP contribution in [0.5, 0.6) is 17.2 Å². The van der Waals surface area contributed by atoms with Gasteiger partial charge in [0.25, 0.3) is 0 Å². The van der Waals surface area contributed by atoms with Gasteiger partial charge in [0.2, 0.25) is 5.88 Å². The zero-order valence-corrected chi connectivity index (χ0v) is 26.5. The summed E-state index contributed by atoms with van der Waals surface area (Å²) in [5.74, 6) is 3.57. The average Bonchev–Trinajstić information content (AvgIpc) is 2.83. The number of hydrogen-bond donors (Lipinski definition) is 0. The largest absolute Gasteiger partial charge is 0.491 e. The van der Waals surface area contributed by atoms with Gasteiger partial charge in [0.15, 0.2) is 0 Å². The van der Waals surface area contributed by atoms with E-state index in [0.29, 0.717) is 24.8 Å². The molecule has 0 fully saturated rings. The van der Waals surface area contributed by atoms with Crippen molar-refractivity contribution in [3.05, 3.63) is 66.1 Å². The van der Waals surface area contributed by atoms with Gasteiger partial charge in [-0.05, 0) is 74.9 Å². The van der Waals surface area contributed by atoms with Crippen molar-refractivity contribution in [1.29, 1.82) is 0 Å². The molecule has 0 aliphatic carbocycles. The standard InChI is InChI=1S/C28H43NO4S2.C2H6/c1-11-34(7,8)33-23(3)29-21-24-20-22(2)12-17-27(24)32-26-15-13-25(14-16-26)30-18-19-31-35(9,10)28(4,5)6;1-2/h12-17,20-21H,3,11,18-19H2,1-2,4-10H3;1-2H3/b29-21+;. The maximum absolute atomic E-state index is 6.15. The zero-order chi connectivity index (χ0) is 28.3. The van der Waals surface area contributed by atoms with Crippen LogP contribution in [0.3, 0.4) is 0 Å². The van der Waals surface area contributed by atoms with Gasteiger partial charge in [0.05, 0.1) is 6.61 Å².